The van der Waals surface area contributed by atoms with Gasteiger partial charge >= 0.3 is 5.37 Å². The number of rotatable bonds is 1. The van der Waals surface area contributed by atoms with E-state index >= 15 is 0 Å². The van der Waals surface area contributed by atoms with Gasteiger partial charge in [0.2, 0.25) is 0 Å². The fourth-order valence-electron chi connectivity index (χ4n) is 2.69. The first-order chi connectivity index (χ1) is 8.27. The molecule has 2 heterocycles. The van der Waals surface area contributed by atoms with Crippen molar-refractivity contribution in [2.24, 2.45) is 0 Å². The zero-order valence-corrected chi connectivity index (χ0v) is 11.9. The number of halogens is 1. The van der Waals surface area contributed by atoms with Gasteiger partial charge in [-0.1, -0.05) is 20.3 Å². The predicted molar refractivity (Wildman–Crippen MR) is 72.6 cm³/mol. The Bertz CT molecular complexity index is 221. The van der Waals surface area contributed by atoms with Gasteiger partial charge in [0, 0.05) is 19.1 Å². The van der Waals surface area contributed by atoms with Crippen molar-refractivity contribution >= 4 is 17.0 Å². The summed E-state index contributed by atoms with van der Waals surface area (Å²) in [5.74, 6) is 0. The number of hydrogen-bond acceptors (Lipinski definition) is 2. The van der Waals surface area contributed by atoms with Gasteiger partial charge in [0.15, 0.2) is 0 Å². The minimum atomic E-state index is -0.285. The largest absolute Gasteiger partial charge is 0.329 e. The van der Waals surface area contributed by atoms with E-state index in [9.17, 15) is 4.79 Å². The van der Waals surface area contributed by atoms with Crippen molar-refractivity contribution in [2.75, 3.05) is 26.2 Å². The lowest BCUT2D eigenvalue weighted by atomic mass is 10.0. The van der Waals surface area contributed by atoms with Gasteiger partial charge in [0.25, 0.3) is 0 Å². The standard InChI is InChI=1S/C11H19ClN2O.C2H6/c12-11(15)14-8-4-10(5-9-14)13-6-2-1-3-7-13;1-2/h10H,1-9H2;1-2H3. The van der Waals surface area contributed by atoms with Crippen molar-refractivity contribution in [2.45, 2.75) is 52.0 Å². The molecule has 2 aliphatic rings. The third-order valence-corrected chi connectivity index (χ3v) is 3.86. The molecule has 0 N–H and O–H groups in total. The Morgan fingerprint density at radius 1 is 1.00 bits per heavy atom. The van der Waals surface area contributed by atoms with Gasteiger partial charge in [-0.2, -0.15) is 0 Å². The molecule has 17 heavy (non-hydrogen) atoms. The van der Waals surface area contributed by atoms with Crippen LogP contribution in [0.2, 0.25) is 0 Å². The van der Waals surface area contributed by atoms with Crippen LogP contribution in [-0.2, 0) is 0 Å². The van der Waals surface area contributed by atoms with Crippen molar-refractivity contribution in [1.29, 1.82) is 0 Å². The van der Waals surface area contributed by atoms with Gasteiger partial charge < -0.3 is 9.80 Å². The molecule has 100 valence electrons. The first-order valence-corrected chi connectivity index (χ1v) is 7.33. The lowest BCUT2D eigenvalue weighted by Crippen LogP contribution is -2.47. The topological polar surface area (TPSA) is 23.6 Å². The Balaban J connectivity index is 0.000000686. The number of carbonyl (C=O) groups excluding carboxylic acids is 1. The van der Waals surface area contributed by atoms with Crippen molar-refractivity contribution in [3.8, 4) is 0 Å². The minimum Gasteiger partial charge on any atom is -0.329 e. The van der Waals surface area contributed by atoms with Gasteiger partial charge in [0.1, 0.15) is 0 Å². The van der Waals surface area contributed by atoms with Crippen LogP contribution in [0.15, 0.2) is 0 Å². The summed E-state index contributed by atoms with van der Waals surface area (Å²) in [6.07, 6.45) is 6.26. The number of hydrogen-bond donors (Lipinski definition) is 0. The third-order valence-electron chi connectivity index (χ3n) is 3.62. The van der Waals surface area contributed by atoms with Gasteiger partial charge in [-0.3, -0.25) is 4.79 Å². The number of nitrogens with zero attached hydrogens (tertiary/aromatic N) is 2. The Labute approximate surface area is 110 Å². The molecule has 3 nitrogen and oxygen atoms in total. The van der Waals surface area contributed by atoms with E-state index < -0.39 is 0 Å². The van der Waals surface area contributed by atoms with Crippen molar-refractivity contribution in [3.05, 3.63) is 0 Å². The second-order valence-corrected chi connectivity index (χ2v) is 4.89. The highest BCUT2D eigenvalue weighted by atomic mass is 35.5. The van der Waals surface area contributed by atoms with Crippen LogP contribution in [0, 0.1) is 0 Å². The van der Waals surface area contributed by atoms with Gasteiger partial charge in [-0.15, -0.1) is 0 Å². The average Bonchev–Trinajstić information content (AvgIpc) is 2.42. The summed E-state index contributed by atoms with van der Waals surface area (Å²) in [6, 6.07) is 0.692. The molecule has 2 fully saturated rings. The van der Waals surface area contributed by atoms with E-state index in [2.05, 4.69) is 4.90 Å². The second kappa shape index (κ2) is 7.93. The zero-order valence-electron chi connectivity index (χ0n) is 11.1. The Morgan fingerprint density at radius 3 is 2.00 bits per heavy atom. The summed E-state index contributed by atoms with van der Waals surface area (Å²) in [5, 5.41) is -0.285. The van der Waals surface area contributed by atoms with Crippen molar-refractivity contribution < 1.29 is 4.79 Å². The Morgan fingerprint density at radius 2 is 1.53 bits per heavy atom. The lowest BCUT2D eigenvalue weighted by Gasteiger charge is -2.39. The number of likely N-dealkylation sites (tertiary alicyclic amines) is 2. The fourth-order valence-corrected chi connectivity index (χ4v) is 2.86. The molecule has 0 aliphatic carbocycles. The van der Waals surface area contributed by atoms with Crippen LogP contribution in [0.4, 0.5) is 4.79 Å². The Hall–Kier alpha value is -0.280. The van der Waals surface area contributed by atoms with Crippen LogP contribution in [0.5, 0.6) is 0 Å². The molecule has 0 atom stereocenters. The number of carbonyl (C=O) groups is 1. The Kier molecular flexibility index (Phi) is 6.90. The summed E-state index contributed by atoms with van der Waals surface area (Å²) in [7, 11) is 0. The monoisotopic (exact) mass is 260 g/mol. The average molecular weight is 261 g/mol. The van der Waals surface area contributed by atoms with E-state index in [0.717, 1.165) is 25.9 Å². The van der Waals surface area contributed by atoms with Crippen molar-refractivity contribution in [3.63, 3.8) is 0 Å². The fraction of sp³-hybridized carbons (Fsp3) is 0.923. The zero-order chi connectivity index (χ0) is 12.7. The molecule has 0 aromatic rings. The maximum atomic E-state index is 11.0. The van der Waals surface area contributed by atoms with E-state index in [4.69, 9.17) is 11.6 Å². The molecule has 0 radical (unpaired) electrons. The quantitative estimate of drug-likeness (QED) is 0.533. The minimum absolute atomic E-state index is 0.285. The van der Waals surface area contributed by atoms with Crippen LogP contribution in [0.3, 0.4) is 0 Å². The maximum Gasteiger partial charge on any atom is 0.316 e. The van der Waals surface area contributed by atoms with Crippen LogP contribution in [0.25, 0.3) is 0 Å². The molecular formula is C13H25ClN2O. The molecule has 0 aromatic carbocycles. The number of amides is 1. The second-order valence-electron chi connectivity index (χ2n) is 4.57. The lowest BCUT2D eigenvalue weighted by molar-refractivity contribution is 0.107. The molecule has 4 heteroatoms. The van der Waals surface area contributed by atoms with E-state index in [0.29, 0.717) is 6.04 Å². The van der Waals surface area contributed by atoms with Gasteiger partial charge in [-0.25, -0.2) is 0 Å². The van der Waals surface area contributed by atoms with E-state index in [-0.39, 0.29) is 5.37 Å². The van der Waals surface area contributed by atoms with Gasteiger partial charge in [0.05, 0.1) is 0 Å². The molecule has 0 unspecified atom stereocenters. The smallest absolute Gasteiger partial charge is 0.316 e. The van der Waals surface area contributed by atoms with E-state index in [1.807, 2.05) is 13.8 Å². The highest BCUT2D eigenvalue weighted by Gasteiger charge is 2.26. The van der Waals surface area contributed by atoms with Crippen LogP contribution < -0.4 is 0 Å². The number of piperidine rings is 2. The molecule has 1 amide bonds. The van der Waals surface area contributed by atoms with E-state index in [1.165, 1.54) is 32.4 Å². The maximum absolute atomic E-state index is 11.0. The molecule has 0 saturated carbocycles. The van der Waals surface area contributed by atoms with Crippen LogP contribution in [-0.4, -0.2) is 47.4 Å². The summed E-state index contributed by atoms with van der Waals surface area (Å²) in [5.41, 5.74) is 0. The van der Waals surface area contributed by atoms with E-state index in [1.54, 1.807) is 4.90 Å². The molecule has 0 aromatic heterocycles. The molecule has 0 spiro atoms. The molecule has 2 saturated heterocycles. The van der Waals surface area contributed by atoms with Crippen molar-refractivity contribution in [1.82, 2.24) is 9.80 Å². The predicted octanol–water partition coefficient (Wildman–Crippen LogP) is 3.32. The SMILES string of the molecule is CC.O=C(Cl)N1CCC(N2CCCCC2)CC1. The van der Waals surface area contributed by atoms with Crippen LogP contribution in [0.1, 0.15) is 46.0 Å². The molecular weight excluding hydrogens is 236 g/mol. The molecule has 2 aliphatic heterocycles. The molecule has 2 rings (SSSR count). The summed E-state index contributed by atoms with van der Waals surface area (Å²) >= 11 is 5.46. The third kappa shape index (κ3) is 4.47. The highest BCUT2D eigenvalue weighted by Crippen LogP contribution is 2.21. The van der Waals surface area contributed by atoms with Gasteiger partial charge in [-0.05, 0) is 50.4 Å². The highest BCUT2D eigenvalue weighted by molar-refractivity contribution is 6.62. The first kappa shape index (κ1) is 14.8. The summed E-state index contributed by atoms with van der Waals surface area (Å²) in [6.45, 7) is 8.17. The normalized spacial score (nSPS) is 22.9. The summed E-state index contributed by atoms with van der Waals surface area (Å²) in [4.78, 5) is 15.3. The molecule has 0 bridgehead atoms. The summed E-state index contributed by atoms with van der Waals surface area (Å²) < 4.78 is 0. The first-order valence-electron chi connectivity index (χ1n) is 6.96. The van der Waals surface area contributed by atoms with Crippen LogP contribution >= 0.6 is 11.6 Å².